The van der Waals surface area contributed by atoms with Crippen molar-refractivity contribution in [2.45, 2.75) is 116 Å². The van der Waals surface area contributed by atoms with E-state index in [1.807, 2.05) is 6.20 Å². The molecule has 3 rings (SSSR count). The Morgan fingerprint density at radius 1 is 0.727 bits per heavy atom. The summed E-state index contributed by atoms with van der Waals surface area (Å²) in [5.74, 6) is 2.60. The monoisotopic (exact) mass is 449 g/mol. The average molecular weight is 450 g/mol. The Hall–Kier alpha value is -1.83. The summed E-state index contributed by atoms with van der Waals surface area (Å²) in [7, 11) is 0. The molecular formula is C31H47NO. The Bertz CT molecular complexity index is 743. The predicted molar refractivity (Wildman–Crippen MR) is 142 cm³/mol. The molecule has 0 bridgehead atoms. The highest BCUT2D eigenvalue weighted by Crippen LogP contribution is 2.38. The molecule has 0 spiro atoms. The van der Waals surface area contributed by atoms with E-state index in [2.05, 4.69) is 55.2 Å². The summed E-state index contributed by atoms with van der Waals surface area (Å²) in [5, 5.41) is 0. The summed E-state index contributed by atoms with van der Waals surface area (Å²) >= 11 is 0. The zero-order valence-electron chi connectivity index (χ0n) is 21.4. The first-order valence-corrected chi connectivity index (χ1v) is 14.0. The van der Waals surface area contributed by atoms with Gasteiger partial charge in [0.2, 0.25) is 0 Å². The summed E-state index contributed by atoms with van der Waals surface area (Å²) in [6, 6.07) is 13.3. The molecule has 2 heteroatoms. The van der Waals surface area contributed by atoms with E-state index in [4.69, 9.17) is 4.74 Å². The molecule has 0 atom stereocenters. The van der Waals surface area contributed by atoms with E-state index in [9.17, 15) is 0 Å². The molecule has 1 aliphatic carbocycles. The van der Waals surface area contributed by atoms with Crippen LogP contribution in [-0.2, 0) is 0 Å². The number of rotatable bonds is 15. The SMILES string of the molecule is CCCCCCCOc1ccc(-c2ccc(C3CCC(CCCCCCC)CC3)cc2)nc1. The van der Waals surface area contributed by atoms with Crippen LogP contribution in [0.1, 0.15) is 122 Å². The quantitative estimate of drug-likeness (QED) is 0.252. The first kappa shape index (κ1) is 25.8. The maximum absolute atomic E-state index is 5.86. The van der Waals surface area contributed by atoms with E-state index in [1.165, 1.54) is 101 Å². The smallest absolute Gasteiger partial charge is 0.137 e. The van der Waals surface area contributed by atoms with Gasteiger partial charge in [-0.15, -0.1) is 0 Å². The van der Waals surface area contributed by atoms with E-state index in [1.54, 1.807) is 0 Å². The van der Waals surface area contributed by atoms with Gasteiger partial charge in [0.1, 0.15) is 5.75 Å². The highest BCUT2D eigenvalue weighted by molar-refractivity contribution is 5.60. The molecular weight excluding hydrogens is 402 g/mol. The van der Waals surface area contributed by atoms with Gasteiger partial charge in [-0.05, 0) is 61.6 Å². The lowest BCUT2D eigenvalue weighted by atomic mass is 9.77. The second-order valence-electron chi connectivity index (χ2n) is 10.2. The molecule has 0 N–H and O–H groups in total. The first-order valence-electron chi connectivity index (χ1n) is 14.0. The number of pyridine rings is 1. The summed E-state index contributed by atoms with van der Waals surface area (Å²) in [6.07, 6.45) is 22.3. The van der Waals surface area contributed by atoms with Crippen molar-refractivity contribution in [3.63, 3.8) is 0 Å². The van der Waals surface area contributed by atoms with Crippen molar-refractivity contribution in [3.8, 4) is 17.0 Å². The molecule has 1 saturated carbocycles. The highest BCUT2D eigenvalue weighted by atomic mass is 16.5. The number of unbranched alkanes of at least 4 members (excludes halogenated alkanes) is 8. The van der Waals surface area contributed by atoms with Gasteiger partial charge in [0.05, 0.1) is 18.5 Å². The first-order chi connectivity index (χ1) is 16.3. The van der Waals surface area contributed by atoms with Crippen molar-refractivity contribution in [2.75, 3.05) is 6.61 Å². The molecule has 0 unspecified atom stereocenters. The topological polar surface area (TPSA) is 22.1 Å². The van der Waals surface area contributed by atoms with Crippen molar-refractivity contribution in [1.82, 2.24) is 4.98 Å². The van der Waals surface area contributed by atoms with Crippen LogP contribution < -0.4 is 4.74 Å². The van der Waals surface area contributed by atoms with Crippen LogP contribution in [0.2, 0.25) is 0 Å². The maximum atomic E-state index is 5.86. The molecule has 182 valence electrons. The van der Waals surface area contributed by atoms with Gasteiger partial charge in [-0.2, -0.15) is 0 Å². The zero-order chi connectivity index (χ0) is 23.1. The van der Waals surface area contributed by atoms with Gasteiger partial charge in [0.25, 0.3) is 0 Å². The maximum Gasteiger partial charge on any atom is 0.137 e. The summed E-state index contributed by atoms with van der Waals surface area (Å²) < 4.78 is 5.86. The van der Waals surface area contributed by atoms with Crippen molar-refractivity contribution < 1.29 is 4.74 Å². The van der Waals surface area contributed by atoms with Crippen LogP contribution in [0.25, 0.3) is 11.3 Å². The van der Waals surface area contributed by atoms with Gasteiger partial charge in [0.15, 0.2) is 0 Å². The molecule has 2 aromatic rings. The molecule has 0 saturated heterocycles. The standard InChI is InChI=1S/C31H47NO/c1-3-5-7-9-11-13-26-14-16-27(17-15-26)28-18-20-29(21-19-28)31-23-22-30(25-32-31)33-24-12-10-8-6-4-2/h18-23,25-27H,3-17,24H2,1-2H3. The lowest BCUT2D eigenvalue weighted by molar-refractivity contribution is 0.302. The molecule has 1 heterocycles. The highest BCUT2D eigenvalue weighted by Gasteiger charge is 2.22. The van der Waals surface area contributed by atoms with E-state index < -0.39 is 0 Å². The van der Waals surface area contributed by atoms with Crippen LogP contribution in [0.15, 0.2) is 42.6 Å². The largest absolute Gasteiger partial charge is 0.492 e. The third-order valence-corrected chi connectivity index (χ3v) is 7.49. The van der Waals surface area contributed by atoms with Gasteiger partial charge < -0.3 is 4.74 Å². The predicted octanol–water partition coefficient (Wildman–Crippen LogP) is 9.73. The van der Waals surface area contributed by atoms with Crippen molar-refractivity contribution in [1.29, 1.82) is 0 Å². The van der Waals surface area contributed by atoms with Crippen molar-refractivity contribution >= 4 is 0 Å². The third kappa shape index (κ3) is 9.14. The fourth-order valence-corrected chi connectivity index (χ4v) is 5.28. The van der Waals surface area contributed by atoms with Crippen LogP contribution >= 0.6 is 0 Å². The van der Waals surface area contributed by atoms with E-state index in [-0.39, 0.29) is 0 Å². The lowest BCUT2D eigenvalue weighted by Crippen LogP contribution is -2.13. The average Bonchev–Trinajstić information content (AvgIpc) is 2.87. The van der Waals surface area contributed by atoms with Gasteiger partial charge in [-0.25, -0.2) is 0 Å². The van der Waals surface area contributed by atoms with Crippen LogP contribution in [0.5, 0.6) is 5.75 Å². The van der Waals surface area contributed by atoms with Gasteiger partial charge >= 0.3 is 0 Å². The third-order valence-electron chi connectivity index (χ3n) is 7.49. The van der Waals surface area contributed by atoms with Crippen LogP contribution in [0.4, 0.5) is 0 Å². The van der Waals surface area contributed by atoms with Gasteiger partial charge in [-0.1, -0.05) is 102 Å². The molecule has 1 aromatic carbocycles. The fraction of sp³-hybridized carbons (Fsp3) is 0.645. The second-order valence-corrected chi connectivity index (χ2v) is 10.2. The van der Waals surface area contributed by atoms with Crippen LogP contribution in [0.3, 0.4) is 0 Å². The minimum atomic E-state index is 0.747. The Labute approximate surface area is 203 Å². The minimum absolute atomic E-state index is 0.747. The Kier molecular flexibility index (Phi) is 11.8. The number of ether oxygens (including phenoxy) is 1. The molecule has 0 radical (unpaired) electrons. The van der Waals surface area contributed by atoms with Crippen molar-refractivity contribution in [3.05, 3.63) is 48.2 Å². The van der Waals surface area contributed by atoms with E-state index in [0.717, 1.165) is 36.3 Å². The zero-order valence-corrected chi connectivity index (χ0v) is 21.4. The molecule has 33 heavy (non-hydrogen) atoms. The molecule has 1 aliphatic rings. The van der Waals surface area contributed by atoms with Gasteiger partial charge in [0, 0.05) is 5.56 Å². The number of hydrogen-bond donors (Lipinski definition) is 0. The van der Waals surface area contributed by atoms with Crippen LogP contribution in [-0.4, -0.2) is 11.6 Å². The van der Waals surface area contributed by atoms with Gasteiger partial charge in [-0.3, -0.25) is 4.98 Å². The minimum Gasteiger partial charge on any atom is -0.492 e. The number of aromatic nitrogens is 1. The number of hydrogen-bond acceptors (Lipinski definition) is 2. The number of nitrogens with zero attached hydrogens (tertiary/aromatic N) is 1. The Morgan fingerprint density at radius 3 is 2.03 bits per heavy atom. The summed E-state index contributed by atoms with van der Waals surface area (Å²) in [5.41, 5.74) is 3.75. The van der Waals surface area contributed by atoms with Crippen LogP contribution in [0, 0.1) is 5.92 Å². The molecule has 1 fully saturated rings. The lowest BCUT2D eigenvalue weighted by Gasteiger charge is -2.29. The Balaban J connectivity index is 1.39. The number of benzene rings is 1. The van der Waals surface area contributed by atoms with E-state index in [0.29, 0.717) is 0 Å². The molecule has 0 amide bonds. The second kappa shape index (κ2) is 15.1. The Morgan fingerprint density at radius 2 is 1.39 bits per heavy atom. The summed E-state index contributed by atoms with van der Waals surface area (Å²) in [4.78, 5) is 4.65. The molecule has 1 aromatic heterocycles. The summed E-state index contributed by atoms with van der Waals surface area (Å²) in [6.45, 7) is 5.34. The molecule has 2 nitrogen and oxygen atoms in total. The molecule has 0 aliphatic heterocycles. The fourth-order valence-electron chi connectivity index (χ4n) is 5.28. The van der Waals surface area contributed by atoms with E-state index >= 15 is 0 Å². The van der Waals surface area contributed by atoms with Crippen molar-refractivity contribution in [2.24, 2.45) is 5.92 Å². The normalized spacial score (nSPS) is 18.4.